The van der Waals surface area contributed by atoms with Crippen molar-refractivity contribution in [1.82, 2.24) is 15.1 Å². The number of carbonyl (C=O) groups is 1. The van der Waals surface area contributed by atoms with Crippen LogP contribution in [0, 0.1) is 0 Å². The Kier molecular flexibility index (Phi) is 7.20. The van der Waals surface area contributed by atoms with Crippen LogP contribution in [0.5, 0.6) is 11.6 Å². The number of amides is 1. The number of sulfonamides is 1. The summed E-state index contributed by atoms with van der Waals surface area (Å²) in [4.78, 5) is 11.9. The van der Waals surface area contributed by atoms with Gasteiger partial charge in [-0.2, -0.15) is 0 Å². The Balaban J connectivity index is 1.97. The number of nitrogens with one attached hydrogen (secondary N) is 1. The van der Waals surface area contributed by atoms with E-state index < -0.39 is 27.6 Å². The van der Waals surface area contributed by atoms with Crippen LogP contribution in [0.25, 0.3) is 0 Å². The fourth-order valence-corrected chi connectivity index (χ4v) is 4.75. The summed E-state index contributed by atoms with van der Waals surface area (Å²) in [6.45, 7) is 5.92. The molecule has 0 saturated heterocycles. The molecule has 0 spiro atoms. The molecule has 1 aliphatic rings. The molecule has 0 saturated carbocycles. The van der Waals surface area contributed by atoms with Gasteiger partial charge in [0.2, 0.25) is 0 Å². The number of rotatable bonds is 9. The largest absolute Gasteiger partial charge is 0.484 e. The van der Waals surface area contributed by atoms with Crippen molar-refractivity contribution in [2.24, 2.45) is 0 Å². The molecular formula is C21H30N4O7S. The van der Waals surface area contributed by atoms with Gasteiger partial charge in [-0.05, 0) is 39.8 Å². The van der Waals surface area contributed by atoms with Gasteiger partial charge in [-0.15, -0.1) is 5.10 Å². The fourth-order valence-electron chi connectivity index (χ4n) is 3.18. The van der Waals surface area contributed by atoms with Crippen molar-refractivity contribution in [3.8, 4) is 11.6 Å². The molecule has 3 rings (SSSR count). The number of hydrogen-bond acceptors (Lipinski definition) is 8. The number of aliphatic hydroxyl groups excluding tert-OH is 1. The second-order valence-electron chi connectivity index (χ2n) is 8.46. The third-order valence-electron chi connectivity index (χ3n) is 4.94. The van der Waals surface area contributed by atoms with Crippen molar-refractivity contribution in [2.75, 3.05) is 30.6 Å². The lowest BCUT2D eigenvalue weighted by Gasteiger charge is -2.35. The lowest BCUT2D eigenvalue weighted by molar-refractivity contribution is -0.136. The molecule has 0 unspecified atom stereocenters. The molecule has 3 N–H and O–H groups in total. The molecule has 0 aliphatic carbocycles. The highest BCUT2D eigenvalue weighted by Crippen LogP contribution is 2.38. The number of fused-ring (bicyclic) bond motifs is 1. The maximum absolute atomic E-state index is 13.8. The van der Waals surface area contributed by atoms with Crippen LogP contribution >= 0.6 is 0 Å². The second-order valence-corrected chi connectivity index (χ2v) is 10.3. The van der Waals surface area contributed by atoms with E-state index in [9.17, 15) is 18.3 Å². The molecule has 0 fully saturated rings. The summed E-state index contributed by atoms with van der Waals surface area (Å²) in [5, 5.41) is 25.8. The van der Waals surface area contributed by atoms with Crippen molar-refractivity contribution in [1.29, 1.82) is 0 Å². The van der Waals surface area contributed by atoms with E-state index in [0.29, 0.717) is 11.4 Å². The van der Waals surface area contributed by atoms with E-state index in [1.807, 2.05) is 13.8 Å². The summed E-state index contributed by atoms with van der Waals surface area (Å²) in [5.41, 5.74) is -1.24. The van der Waals surface area contributed by atoms with Crippen LogP contribution in [0.4, 0.5) is 5.69 Å². The van der Waals surface area contributed by atoms with Gasteiger partial charge in [0.1, 0.15) is 24.1 Å². The minimum Gasteiger partial charge on any atom is -0.484 e. The molecule has 33 heavy (non-hydrogen) atoms. The van der Waals surface area contributed by atoms with Gasteiger partial charge in [0.15, 0.2) is 4.90 Å². The topological polar surface area (TPSA) is 143 Å². The van der Waals surface area contributed by atoms with Crippen molar-refractivity contribution in [3.63, 3.8) is 0 Å². The molecule has 1 aromatic carbocycles. The molecule has 1 atom stereocenters. The van der Waals surface area contributed by atoms with Gasteiger partial charge in [0.25, 0.3) is 21.8 Å². The van der Waals surface area contributed by atoms with E-state index in [4.69, 9.17) is 14.6 Å². The lowest BCUT2D eigenvalue weighted by atomic mass is 10.1. The van der Waals surface area contributed by atoms with Crippen LogP contribution in [0.1, 0.15) is 33.7 Å². The fraction of sp³-hybridized carbons (Fsp3) is 0.524. The van der Waals surface area contributed by atoms with E-state index >= 15 is 0 Å². The van der Waals surface area contributed by atoms with E-state index in [0.717, 1.165) is 0 Å². The third kappa shape index (κ3) is 5.40. The molecule has 182 valence electrons. The van der Waals surface area contributed by atoms with Gasteiger partial charge in [0.05, 0.1) is 25.4 Å². The third-order valence-corrected chi connectivity index (χ3v) is 6.70. The Labute approximate surface area is 193 Å². The van der Waals surface area contributed by atoms with Crippen LogP contribution in [0.3, 0.4) is 0 Å². The maximum atomic E-state index is 13.8. The molecule has 0 bridgehead atoms. The average molecular weight is 483 g/mol. The van der Waals surface area contributed by atoms with Crippen LogP contribution in [0.2, 0.25) is 0 Å². The Hall–Kier alpha value is -2.83. The van der Waals surface area contributed by atoms with Gasteiger partial charge in [0, 0.05) is 12.2 Å². The van der Waals surface area contributed by atoms with E-state index in [1.165, 1.54) is 29.0 Å². The molecule has 11 nitrogen and oxygen atoms in total. The Bertz CT molecular complexity index is 1090. The van der Waals surface area contributed by atoms with E-state index in [2.05, 4.69) is 10.4 Å². The number of ether oxygens (including phenoxy) is 2. The first kappa shape index (κ1) is 24.8. The normalized spacial score (nSPS) is 16.3. The van der Waals surface area contributed by atoms with Crippen molar-refractivity contribution in [2.45, 2.75) is 50.3 Å². The molecule has 2 aromatic rings. The number of nitrogens with zero attached hydrogens (tertiary/aromatic N) is 3. The Morgan fingerprint density at radius 3 is 2.70 bits per heavy atom. The predicted octanol–water partition coefficient (Wildman–Crippen LogP) is 0.679. The highest BCUT2D eigenvalue weighted by Gasteiger charge is 2.38. The summed E-state index contributed by atoms with van der Waals surface area (Å²) in [6, 6.07) is 6.56. The van der Waals surface area contributed by atoms with Crippen molar-refractivity contribution < 1.29 is 32.9 Å². The smallest absolute Gasteiger partial charge is 0.271 e. The monoisotopic (exact) mass is 482 g/mol. The lowest BCUT2D eigenvalue weighted by Crippen LogP contribution is -2.51. The van der Waals surface area contributed by atoms with Gasteiger partial charge >= 0.3 is 0 Å². The standard InChI is InChI=1S/C21H30N4O7S/c1-14(2)24-13-18(19(23-24)31-10-9-26)33(29,30)25-12-15(11-22-20(27)21(3,4)28)32-17-8-6-5-7-16(17)25/h5-8,13-15,26,28H,9-12H2,1-4H3,(H,22,27)/t15-/m0/s1. The van der Waals surface area contributed by atoms with Gasteiger partial charge in [-0.3, -0.25) is 13.8 Å². The minimum absolute atomic E-state index is 0.0116. The zero-order chi connectivity index (χ0) is 24.4. The number of carbonyl (C=O) groups excluding carboxylic acids is 1. The van der Waals surface area contributed by atoms with Crippen LogP contribution in [0.15, 0.2) is 35.4 Å². The summed E-state index contributed by atoms with van der Waals surface area (Å²) in [7, 11) is -4.15. The highest BCUT2D eigenvalue weighted by molar-refractivity contribution is 7.93. The van der Waals surface area contributed by atoms with Crippen molar-refractivity contribution in [3.05, 3.63) is 30.5 Å². The zero-order valence-corrected chi connectivity index (χ0v) is 19.9. The first-order valence-corrected chi connectivity index (χ1v) is 12.0. The van der Waals surface area contributed by atoms with Crippen LogP contribution < -0.4 is 19.1 Å². The SMILES string of the molecule is CC(C)n1cc(S(=O)(=O)N2C[C@H](CNC(=O)C(C)(C)O)Oc3ccccc32)c(OCCO)n1. The summed E-state index contributed by atoms with van der Waals surface area (Å²) in [6.07, 6.45) is 0.693. The number of aliphatic hydroxyl groups is 2. The van der Waals surface area contributed by atoms with Gasteiger partial charge in [-0.1, -0.05) is 12.1 Å². The number of hydrogen-bond donors (Lipinski definition) is 3. The van der Waals surface area contributed by atoms with Gasteiger partial charge in [-0.25, -0.2) is 8.42 Å². The van der Waals surface area contributed by atoms with Crippen molar-refractivity contribution >= 4 is 21.6 Å². The summed E-state index contributed by atoms with van der Waals surface area (Å²) in [5.74, 6) is -0.366. The molecule has 1 aromatic heterocycles. The Morgan fingerprint density at radius 2 is 2.06 bits per heavy atom. The molecule has 1 aliphatic heterocycles. The number of benzene rings is 1. The molecule has 0 radical (unpaired) electrons. The van der Waals surface area contributed by atoms with Crippen LogP contribution in [-0.4, -0.2) is 72.3 Å². The first-order chi connectivity index (χ1) is 15.4. The first-order valence-electron chi connectivity index (χ1n) is 10.6. The average Bonchev–Trinajstić information content (AvgIpc) is 3.20. The number of para-hydroxylation sites is 2. The zero-order valence-electron chi connectivity index (χ0n) is 19.1. The highest BCUT2D eigenvalue weighted by atomic mass is 32.2. The Morgan fingerprint density at radius 1 is 1.36 bits per heavy atom. The molecule has 1 amide bonds. The number of anilines is 1. The van der Waals surface area contributed by atoms with E-state index in [1.54, 1.807) is 24.3 Å². The maximum Gasteiger partial charge on any atom is 0.271 e. The second kappa shape index (κ2) is 9.57. The molecular weight excluding hydrogens is 452 g/mol. The van der Waals surface area contributed by atoms with E-state index in [-0.39, 0.29) is 43.1 Å². The molecule has 2 heterocycles. The minimum atomic E-state index is -4.15. The predicted molar refractivity (Wildman–Crippen MR) is 120 cm³/mol. The van der Waals surface area contributed by atoms with Crippen LogP contribution in [-0.2, 0) is 14.8 Å². The molecule has 12 heteroatoms. The van der Waals surface area contributed by atoms with Gasteiger partial charge < -0.3 is 25.0 Å². The quantitative estimate of drug-likeness (QED) is 0.473. The summed E-state index contributed by atoms with van der Waals surface area (Å²) >= 11 is 0. The summed E-state index contributed by atoms with van der Waals surface area (Å²) < 4.78 is 41.5. The number of aromatic nitrogens is 2.